The van der Waals surface area contributed by atoms with E-state index in [0.29, 0.717) is 23.1 Å². The van der Waals surface area contributed by atoms with Crippen LogP contribution in [0, 0.1) is 13.8 Å². The molecule has 0 saturated heterocycles. The molecule has 0 unspecified atom stereocenters. The Kier molecular flexibility index (Phi) is 6.23. The molecule has 1 amide bonds. The molecule has 6 nitrogen and oxygen atoms in total. The monoisotopic (exact) mass is 446 g/mol. The van der Waals surface area contributed by atoms with Crippen molar-refractivity contribution in [1.29, 1.82) is 0 Å². The number of ether oxygens (including phenoxy) is 1. The molecule has 0 radical (unpaired) electrons. The van der Waals surface area contributed by atoms with Gasteiger partial charge in [-0.3, -0.25) is 4.79 Å². The fourth-order valence-corrected chi connectivity index (χ4v) is 3.37. The van der Waals surface area contributed by atoms with E-state index in [1.807, 2.05) is 75.4 Å². The van der Waals surface area contributed by atoms with Gasteiger partial charge in [-0.15, -0.1) is 5.10 Å². The zero-order valence-electron chi connectivity index (χ0n) is 18.1. The summed E-state index contributed by atoms with van der Waals surface area (Å²) in [4.78, 5) is 17.5. The average Bonchev–Trinajstić information content (AvgIpc) is 3.23. The van der Waals surface area contributed by atoms with E-state index in [2.05, 4.69) is 15.4 Å². The lowest BCUT2D eigenvalue weighted by atomic mass is 10.1. The molecule has 1 heterocycles. The van der Waals surface area contributed by atoms with E-state index in [0.717, 1.165) is 28.1 Å². The van der Waals surface area contributed by atoms with Gasteiger partial charge in [0.05, 0.1) is 12.3 Å². The SMILES string of the molecule is CCOc1ccc(-n2nc(C(=O)Nc3ccc(C)c(Cl)c3)nc2-c2ccc(C)cc2)cc1. The van der Waals surface area contributed by atoms with Crippen LogP contribution in [0.3, 0.4) is 0 Å². The number of anilines is 1. The van der Waals surface area contributed by atoms with Crippen molar-refractivity contribution in [3.63, 3.8) is 0 Å². The molecule has 0 aliphatic heterocycles. The third-order valence-corrected chi connectivity index (χ3v) is 5.35. The van der Waals surface area contributed by atoms with Gasteiger partial charge in [-0.05, 0) is 62.7 Å². The van der Waals surface area contributed by atoms with Crippen molar-refractivity contribution in [1.82, 2.24) is 14.8 Å². The Bertz CT molecular complexity index is 1250. The van der Waals surface area contributed by atoms with Crippen LogP contribution in [0.25, 0.3) is 17.1 Å². The van der Waals surface area contributed by atoms with Gasteiger partial charge in [0.15, 0.2) is 5.82 Å². The lowest BCUT2D eigenvalue weighted by Gasteiger charge is -2.08. The van der Waals surface area contributed by atoms with Gasteiger partial charge in [0.25, 0.3) is 5.91 Å². The van der Waals surface area contributed by atoms with Crippen LogP contribution in [0.1, 0.15) is 28.7 Å². The topological polar surface area (TPSA) is 69.0 Å². The molecule has 7 heteroatoms. The maximum atomic E-state index is 12.9. The van der Waals surface area contributed by atoms with Crippen LogP contribution in [0.2, 0.25) is 5.02 Å². The highest BCUT2D eigenvalue weighted by molar-refractivity contribution is 6.31. The zero-order valence-corrected chi connectivity index (χ0v) is 18.8. The van der Waals surface area contributed by atoms with E-state index in [4.69, 9.17) is 16.3 Å². The maximum Gasteiger partial charge on any atom is 0.295 e. The van der Waals surface area contributed by atoms with Crippen molar-refractivity contribution in [2.24, 2.45) is 0 Å². The first-order valence-corrected chi connectivity index (χ1v) is 10.7. The lowest BCUT2D eigenvalue weighted by Crippen LogP contribution is -2.14. The summed E-state index contributed by atoms with van der Waals surface area (Å²) in [5, 5.41) is 7.91. The number of hydrogen-bond acceptors (Lipinski definition) is 4. The molecule has 4 aromatic rings. The normalized spacial score (nSPS) is 10.8. The fraction of sp³-hybridized carbons (Fsp3) is 0.160. The molecule has 32 heavy (non-hydrogen) atoms. The van der Waals surface area contributed by atoms with E-state index in [1.54, 1.807) is 16.8 Å². The molecule has 0 saturated carbocycles. The molecule has 162 valence electrons. The number of nitrogens with zero attached hydrogens (tertiary/aromatic N) is 3. The van der Waals surface area contributed by atoms with Gasteiger partial charge < -0.3 is 10.1 Å². The second kappa shape index (κ2) is 9.24. The summed E-state index contributed by atoms with van der Waals surface area (Å²) < 4.78 is 7.20. The first-order chi connectivity index (χ1) is 15.4. The summed E-state index contributed by atoms with van der Waals surface area (Å²) in [6.07, 6.45) is 0. The van der Waals surface area contributed by atoms with E-state index in [1.165, 1.54) is 0 Å². The van der Waals surface area contributed by atoms with Gasteiger partial charge in [-0.1, -0.05) is 47.5 Å². The standard InChI is InChI=1S/C25H23ClN4O2/c1-4-32-21-13-11-20(12-14-21)30-24(18-8-5-16(2)6-9-18)28-23(29-30)25(31)27-19-10-7-17(3)22(26)15-19/h5-15H,4H2,1-3H3,(H,27,31). The number of aromatic nitrogens is 3. The number of hydrogen-bond donors (Lipinski definition) is 1. The summed E-state index contributed by atoms with van der Waals surface area (Å²) in [7, 11) is 0. The number of rotatable bonds is 6. The van der Waals surface area contributed by atoms with Gasteiger partial charge in [0.2, 0.25) is 5.82 Å². The smallest absolute Gasteiger partial charge is 0.295 e. The molecular weight excluding hydrogens is 424 g/mol. The molecule has 1 aromatic heterocycles. The molecule has 0 bridgehead atoms. The first-order valence-electron chi connectivity index (χ1n) is 10.3. The molecule has 0 aliphatic carbocycles. The van der Waals surface area contributed by atoms with Crippen molar-refractivity contribution < 1.29 is 9.53 Å². The lowest BCUT2D eigenvalue weighted by molar-refractivity contribution is 0.101. The molecule has 4 rings (SSSR count). The van der Waals surface area contributed by atoms with Crippen molar-refractivity contribution >= 4 is 23.2 Å². The second-order valence-corrected chi connectivity index (χ2v) is 7.79. The van der Waals surface area contributed by atoms with Crippen molar-refractivity contribution in [2.75, 3.05) is 11.9 Å². The highest BCUT2D eigenvalue weighted by Crippen LogP contribution is 2.24. The van der Waals surface area contributed by atoms with E-state index in [-0.39, 0.29) is 5.82 Å². The Morgan fingerprint density at radius 1 is 1.03 bits per heavy atom. The summed E-state index contributed by atoms with van der Waals surface area (Å²) in [5.74, 6) is 0.984. The molecule has 1 N–H and O–H groups in total. The molecular formula is C25H23ClN4O2. The average molecular weight is 447 g/mol. The molecule has 0 aliphatic rings. The second-order valence-electron chi connectivity index (χ2n) is 7.38. The van der Waals surface area contributed by atoms with E-state index in [9.17, 15) is 4.79 Å². The van der Waals surface area contributed by atoms with Crippen LogP contribution in [0.5, 0.6) is 5.75 Å². The Morgan fingerprint density at radius 2 is 1.75 bits per heavy atom. The Balaban J connectivity index is 1.72. The summed E-state index contributed by atoms with van der Waals surface area (Å²) in [5.41, 5.74) is 4.28. The van der Waals surface area contributed by atoms with Crippen LogP contribution in [-0.2, 0) is 0 Å². The largest absolute Gasteiger partial charge is 0.494 e. The number of nitrogens with one attached hydrogen (secondary N) is 1. The number of carbonyl (C=O) groups excluding carboxylic acids is 1. The van der Waals surface area contributed by atoms with Crippen LogP contribution in [0.15, 0.2) is 66.7 Å². The minimum atomic E-state index is -0.414. The summed E-state index contributed by atoms with van der Waals surface area (Å²) >= 11 is 6.18. The quantitative estimate of drug-likeness (QED) is 0.403. The number of halogens is 1. The molecule has 0 fully saturated rings. The van der Waals surface area contributed by atoms with Gasteiger partial charge in [0, 0.05) is 16.3 Å². The van der Waals surface area contributed by atoms with Gasteiger partial charge >= 0.3 is 0 Å². The van der Waals surface area contributed by atoms with Crippen molar-refractivity contribution in [3.05, 3.63) is 88.7 Å². The van der Waals surface area contributed by atoms with E-state index < -0.39 is 5.91 Å². The first kappa shape index (κ1) is 21.6. The molecule has 0 spiro atoms. The number of aryl methyl sites for hydroxylation is 2. The van der Waals surface area contributed by atoms with Crippen LogP contribution in [0.4, 0.5) is 5.69 Å². The highest BCUT2D eigenvalue weighted by Gasteiger charge is 2.19. The van der Waals surface area contributed by atoms with E-state index >= 15 is 0 Å². The minimum Gasteiger partial charge on any atom is -0.494 e. The third-order valence-electron chi connectivity index (χ3n) is 4.94. The van der Waals surface area contributed by atoms with Crippen LogP contribution >= 0.6 is 11.6 Å². The zero-order chi connectivity index (χ0) is 22.7. The maximum absolute atomic E-state index is 12.9. The summed E-state index contributed by atoms with van der Waals surface area (Å²) in [6.45, 7) is 6.45. The van der Waals surface area contributed by atoms with Crippen LogP contribution < -0.4 is 10.1 Å². The predicted molar refractivity (Wildman–Crippen MR) is 127 cm³/mol. The minimum absolute atomic E-state index is 0.0613. The van der Waals surface area contributed by atoms with Crippen LogP contribution in [-0.4, -0.2) is 27.3 Å². The number of benzene rings is 3. The van der Waals surface area contributed by atoms with Crippen molar-refractivity contribution in [2.45, 2.75) is 20.8 Å². The Hall–Kier alpha value is -3.64. The Morgan fingerprint density at radius 3 is 2.41 bits per heavy atom. The molecule has 0 atom stereocenters. The number of carbonyl (C=O) groups is 1. The third kappa shape index (κ3) is 4.65. The predicted octanol–water partition coefficient (Wildman–Crippen LogP) is 5.86. The van der Waals surface area contributed by atoms with Gasteiger partial charge in [-0.25, -0.2) is 9.67 Å². The highest BCUT2D eigenvalue weighted by atomic mass is 35.5. The van der Waals surface area contributed by atoms with Gasteiger partial charge in [-0.2, -0.15) is 0 Å². The fourth-order valence-electron chi connectivity index (χ4n) is 3.19. The van der Waals surface area contributed by atoms with Gasteiger partial charge in [0.1, 0.15) is 5.75 Å². The molecule has 3 aromatic carbocycles. The Labute approximate surface area is 191 Å². The van der Waals surface area contributed by atoms with Crippen molar-refractivity contribution in [3.8, 4) is 22.8 Å². The number of amides is 1. The summed E-state index contributed by atoms with van der Waals surface area (Å²) in [6, 6.07) is 20.8.